The Kier molecular flexibility index (Phi) is 6.91. The molecule has 3 nitrogen and oxygen atoms in total. The Bertz CT molecular complexity index is 863. The van der Waals surface area contributed by atoms with Crippen LogP contribution in [0.3, 0.4) is 0 Å². The van der Waals surface area contributed by atoms with E-state index in [1.54, 1.807) is 12.5 Å². The van der Waals surface area contributed by atoms with Crippen LogP contribution in [0.5, 0.6) is 0 Å². The second kappa shape index (κ2) is 8.88. The van der Waals surface area contributed by atoms with Gasteiger partial charge in [-0.2, -0.15) is 0 Å². The molecule has 0 aromatic carbocycles. The molecule has 4 aliphatic carbocycles. The molecular weight excluding hydrogens is 432 g/mol. The van der Waals surface area contributed by atoms with Gasteiger partial charge in [-0.3, -0.25) is 4.79 Å². The maximum atomic E-state index is 11.8. The number of rotatable bonds is 6. The van der Waals surface area contributed by atoms with Gasteiger partial charge in [0, 0.05) is 12.3 Å². The molecular formula is C32H54O3. The van der Waals surface area contributed by atoms with E-state index < -0.39 is 5.60 Å². The SMILES string of the molecule is CC(=O)O[C@H]1CC[C@]2(C)C3=C(CC[C@H]2C1(C)C)[C@]1(C)CC[C@H]([C@H](C)CCCC(C)(C)O)[C@@]1(C)CC3. The predicted molar refractivity (Wildman–Crippen MR) is 144 cm³/mol. The zero-order valence-corrected chi connectivity index (χ0v) is 24.4. The average molecular weight is 487 g/mol. The van der Waals surface area contributed by atoms with Gasteiger partial charge >= 0.3 is 5.97 Å². The number of fused-ring (bicyclic) bond motifs is 4. The van der Waals surface area contributed by atoms with E-state index >= 15 is 0 Å². The highest BCUT2D eigenvalue weighted by molar-refractivity contribution is 5.66. The molecule has 200 valence electrons. The second-order valence-electron chi connectivity index (χ2n) is 15.0. The third kappa shape index (κ3) is 4.34. The number of hydrogen-bond acceptors (Lipinski definition) is 3. The third-order valence-corrected chi connectivity index (χ3v) is 12.2. The van der Waals surface area contributed by atoms with Crippen molar-refractivity contribution in [1.82, 2.24) is 0 Å². The molecule has 2 fully saturated rings. The molecule has 0 bridgehead atoms. The highest BCUT2D eigenvalue weighted by Gasteiger charge is 2.63. The van der Waals surface area contributed by atoms with E-state index in [0.717, 1.165) is 37.5 Å². The van der Waals surface area contributed by atoms with Gasteiger partial charge in [0.05, 0.1) is 5.60 Å². The summed E-state index contributed by atoms with van der Waals surface area (Å²) in [6.07, 6.45) is 13.2. The smallest absolute Gasteiger partial charge is 0.302 e. The summed E-state index contributed by atoms with van der Waals surface area (Å²) >= 11 is 0. The van der Waals surface area contributed by atoms with Crippen LogP contribution in [0.2, 0.25) is 0 Å². The number of ether oxygens (including phenoxy) is 1. The lowest BCUT2D eigenvalue weighted by atomic mass is 9.43. The van der Waals surface area contributed by atoms with Crippen LogP contribution < -0.4 is 0 Å². The minimum atomic E-state index is -0.547. The molecule has 0 unspecified atom stereocenters. The van der Waals surface area contributed by atoms with Crippen molar-refractivity contribution in [1.29, 1.82) is 0 Å². The summed E-state index contributed by atoms with van der Waals surface area (Å²) in [5, 5.41) is 10.2. The van der Waals surface area contributed by atoms with Crippen molar-refractivity contribution in [2.24, 2.45) is 39.4 Å². The largest absolute Gasteiger partial charge is 0.462 e. The normalized spacial score (nSPS) is 41.6. The van der Waals surface area contributed by atoms with Gasteiger partial charge in [0.1, 0.15) is 6.10 Å². The fourth-order valence-electron chi connectivity index (χ4n) is 10.1. The van der Waals surface area contributed by atoms with Gasteiger partial charge < -0.3 is 9.84 Å². The lowest BCUT2D eigenvalue weighted by Gasteiger charge is -2.62. The Morgan fingerprint density at radius 3 is 2.34 bits per heavy atom. The minimum Gasteiger partial charge on any atom is -0.462 e. The van der Waals surface area contributed by atoms with E-state index in [2.05, 4.69) is 41.5 Å². The first-order chi connectivity index (χ1) is 16.1. The van der Waals surface area contributed by atoms with Gasteiger partial charge in [0.25, 0.3) is 0 Å². The number of carbonyl (C=O) groups excluding carboxylic acids is 1. The molecule has 2 saturated carbocycles. The van der Waals surface area contributed by atoms with Crippen LogP contribution in [-0.2, 0) is 9.53 Å². The van der Waals surface area contributed by atoms with E-state index in [0.29, 0.717) is 16.7 Å². The van der Waals surface area contributed by atoms with Crippen molar-refractivity contribution < 1.29 is 14.6 Å². The molecule has 0 spiro atoms. The molecule has 0 amide bonds. The van der Waals surface area contributed by atoms with Crippen LogP contribution in [0.1, 0.15) is 133 Å². The van der Waals surface area contributed by atoms with Gasteiger partial charge in [0.2, 0.25) is 0 Å². The average Bonchev–Trinajstić information content (AvgIpc) is 3.00. The standard InChI is InChI=1S/C32H54O3/c1-21(11-10-17-28(3,4)34)23-14-19-32(9)25-12-13-26-29(5,6)27(35-22(2)33)16-18-30(26,7)24(25)15-20-31(23,32)8/h21,23,26-27,34H,10-20H2,1-9H3/t21-,23-,26+,27+,30-,31-,32+/m1/s1. The Morgan fingerprint density at radius 2 is 1.71 bits per heavy atom. The zero-order chi connectivity index (χ0) is 26.0. The first-order valence-corrected chi connectivity index (χ1v) is 14.7. The molecule has 7 atom stereocenters. The highest BCUT2D eigenvalue weighted by atomic mass is 16.5. The first kappa shape index (κ1) is 27.2. The van der Waals surface area contributed by atoms with E-state index in [4.69, 9.17) is 4.74 Å². The van der Waals surface area contributed by atoms with Crippen LogP contribution in [-0.4, -0.2) is 22.8 Å². The van der Waals surface area contributed by atoms with Gasteiger partial charge in [-0.1, -0.05) is 65.5 Å². The molecule has 0 aromatic heterocycles. The van der Waals surface area contributed by atoms with Gasteiger partial charge in [-0.25, -0.2) is 0 Å². The number of allylic oxidation sites excluding steroid dienone is 2. The number of esters is 1. The maximum absolute atomic E-state index is 11.8. The monoisotopic (exact) mass is 486 g/mol. The molecule has 0 radical (unpaired) electrons. The summed E-state index contributed by atoms with van der Waals surface area (Å²) < 4.78 is 5.86. The molecule has 4 aliphatic rings. The van der Waals surface area contributed by atoms with Crippen molar-refractivity contribution in [2.45, 2.75) is 145 Å². The lowest BCUT2D eigenvalue weighted by molar-refractivity contribution is -0.167. The quantitative estimate of drug-likeness (QED) is 0.304. The Hall–Kier alpha value is -0.830. The molecule has 0 heterocycles. The van der Waals surface area contributed by atoms with Gasteiger partial charge in [-0.15, -0.1) is 0 Å². The Morgan fingerprint density at radius 1 is 1.03 bits per heavy atom. The van der Waals surface area contributed by atoms with E-state index in [-0.39, 0.29) is 22.9 Å². The maximum Gasteiger partial charge on any atom is 0.302 e. The van der Waals surface area contributed by atoms with Crippen molar-refractivity contribution in [3.8, 4) is 0 Å². The van der Waals surface area contributed by atoms with Crippen molar-refractivity contribution in [2.75, 3.05) is 0 Å². The lowest BCUT2D eigenvalue weighted by Crippen LogP contribution is -2.55. The van der Waals surface area contributed by atoms with Crippen molar-refractivity contribution in [3.63, 3.8) is 0 Å². The molecule has 4 rings (SSSR count). The summed E-state index contributed by atoms with van der Waals surface area (Å²) in [5.41, 5.74) is 4.06. The van der Waals surface area contributed by atoms with Crippen LogP contribution >= 0.6 is 0 Å². The van der Waals surface area contributed by atoms with E-state index in [1.807, 2.05) is 19.4 Å². The summed E-state index contributed by atoms with van der Waals surface area (Å²) in [4.78, 5) is 11.8. The minimum absolute atomic E-state index is 0.0199. The molecule has 3 heteroatoms. The Balaban J connectivity index is 1.59. The topological polar surface area (TPSA) is 46.5 Å². The Labute approximate surface area is 215 Å². The van der Waals surface area contributed by atoms with Crippen molar-refractivity contribution >= 4 is 5.97 Å². The van der Waals surface area contributed by atoms with Gasteiger partial charge in [0.15, 0.2) is 0 Å². The summed E-state index contributed by atoms with van der Waals surface area (Å²) in [6.45, 7) is 20.5. The van der Waals surface area contributed by atoms with Crippen LogP contribution in [0.15, 0.2) is 11.1 Å². The van der Waals surface area contributed by atoms with E-state index in [1.165, 1.54) is 44.9 Å². The number of hydrogen-bond donors (Lipinski definition) is 1. The summed E-state index contributed by atoms with van der Waals surface area (Å²) in [7, 11) is 0. The summed E-state index contributed by atoms with van der Waals surface area (Å²) in [5.74, 6) is 1.95. The zero-order valence-electron chi connectivity index (χ0n) is 24.4. The number of aliphatic hydroxyl groups is 1. The molecule has 1 N–H and O–H groups in total. The molecule has 35 heavy (non-hydrogen) atoms. The van der Waals surface area contributed by atoms with Gasteiger partial charge in [-0.05, 0) is 106 Å². The fourth-order valence-corrected chi connectivity index (χ4v) is 10.1. The molecule has 0 saturated heterocycles. The first-order valence-electron chi connectivity index (χ1n) is 14.7. The molecule has 0 aliphatic heterocycles. The van der Waals surface area contributed by atoms with Crippen LogP contribution in [0.25, 0.3) is 0 Å². The fraction of sp³-hybridized carbons (Fsp3) is 0.906. The van der Waals surface area contributed by atoms with Crippen LogP contribution in [0.4, 0.5) is 0 Å². The predicted octanol–water partition coefficient (Wildman–Crippen LogP) is 8.24. The van der Waals surface area contributed by atoms with Crippen LogP contribution in [0, 0.1) is 39.4 Å². The van der Waals surface area contributed by atoms with Crippen molar-refractivity contribution in [3.05, 3.63) is 11.1 Å². The number of carbonyl (C=O) groups is 1. The summed E-state index contributed by atoms with van der Waals surface area (Å²) in [6, 6.07) is 0. The highest BCUT2D eigenvalue weighted by Crippen LogP contribution is 2.72. The third-order valence-electron chi connectivity index (χ3n) is 12.2. The molecule has 0 aromatic rings. The van der Waals surface area contributed by atoms with E-state index in [9.17, 15) is 9.90 Å². The second-order valence-corrected chi connectivity index (χ2v) is 15.0.